The fourth-order valence-corrected chi connectivity index (χ4v) is 1.68. The molecule has 2 N–H and O–H groups in total. The molecule has 0 aliphatic rings. The minimum absolute atomic E-state index is 0.127. The average Bonchev–Trinajstić information content (AvgIpc) is 2.47. The van der Waals surface area contributed by atoms with E-state index in [2.05, 4.69) is 20.8 Å². The Morgan fingerprint density at radius 2 is 2.00 bits per heavy atom. The van der Waals surface area contributed by atoms with Crippen molar-refractivity contribution < 1.29 is 13.6 Å². The lowest BCUT2D eigenvalue weighted by molar-refractivity contribution is 0.102. The van der Waals surface area contributed by atoms with Crippen molar-refractivity contribution in [2.45, 2.75) is 13.3 Å². The molecule has 2 rings (SSSR count). The summed E-state index contributed by atoms with van der Waals surface area (Å²) < 4.78 is 27.6. The molecule has 1 amide bonds. The first-order valence-corrected chi connectivity index (χ1v) is 6.43. The van der Waals surface area contributed by atoms with Crippen LogP contribution in [-0.4, -0.2) is 22.6 Å². The number of anilines is 2. The number of aromatic nitrogens is 2. The third-order valence-electron chi connectivity index (χ3n) is 2.67. The highest BCUT2D eigenvalue weighted by atomic mass is 19.1. The second-order valence-electron chi connectivity index (χ2n) is 4.30. The fraction of sp³-hybridized carbons (Fsp3) is 0.214. The van der Waals surface area contributed by atoms with E-state index in [1.807, 2.05) is 6.92 Å². The molecule has 110 valence electrons. The van der Waals surface area contributed by atoms with Crippen molar-refractivity contribution in [1.82, 2.24) is 10.2 Å². The van der Waals surface area contributed by atoms with Crippen molar-refractivity contribution in [3.8, 4) is 0 Å². The zero-order valence-electron chi connectivity index (χ0n) is 11.4. The maximum Gasteiger partial charge on any atom is 0.257 e. The average molecular weight is 292 g/mol. The van der Waals surface area contributed by atoms with Gasteiger partial charge in [-0.15, -0.1) is 5.10 Å². The minimum atomic E-state index is -0.812. The molecule has 0 saturated carbocycles. The summed E-state index contributed by atoms with van der Waals surface area (Å²) in [5.74, 6) is -2.08. The first-order chi connectivity index (χ1) is 10.1. The van der Waals surface area contributed by atoms with E-state index in [9.17, 15) is 13.6 Å². The molecule has 0 saturated heterocycles. The Hall–Kier alpha value is -2.57. The molecule has 0 aliphatic carbocycles. The molecule has 5 nitrogen and oxygen atoms in total. The maximum absolute atomic E-state index is 13.8. The van der Waals surface area contributed by atoms with E-state index in [1.165, 1.54) is 12.3 Å². The second kappa shape index (κ2) is 6.74. The molecule has 0 fully saturated rings. The Bertz CT molecular complexity index is 611. The van der Waals surface area contributed by atoms with Crippen LogP contribution in [0.4, 0.5) is 20.3 Å². The Balaban J connectivity index is 2.19. The summed E-state index contributed by atoms with van der Waals surface area (Å²) in [6, 6.07) is 5.07. The van der Waals surface area contributed by atoms with Crippen molar-refractivity contribution in [3.05, 3.63) is 47.7 Å². The van der Waals surface area contributed by atoms with E-state index in [1.54, 1.807) is 6.07 Å². The zero-order chi connectivity index (χ0) is 15.2. The van der Waals surface area contributed by atoms with Gasteiger partial charge in [0.05, 0.1) is 0 Å². The van der Waals surface area contributed by atoms with Crippen LogP contribution in [-0.2, 0) is 0 Å². The van der Waals surface area contributed by atoms with Gasteiger partial charge in [-0.2, -0.15) is 5.10 Å². The van der Waals surface area contributed by atoms with Crippen LogP contribution < -0.4 is 10.6 Å². The van der Waals surface area contributed by atoms with Gasteiger partial charge >= 0.3 is 0 Å². The van der Waals surface area contributed by atoms with Gasteiger partial charge in [0, 0.05) is 18.3 Å². The quantitative estimate of drug-likeness (QED) is 0.889. The lowest BCUT2D eigenvalue weighted by atomic mass is 10.1. The number of hydrogen-bond acceptors (Lipinski definition) is 4. The standard InChI is InChI=1S/C14H14F2N4O/c1-2-5-17-13-10(15)7-9(8-11(13)16)14(21)19-12-4-3-6-18-20-12/h3-4,6-8,17H,2,5H2,1H3,(H,19,20,21). The predicted molar refractivity (Wildman–Crippen MR) is 75.1 cm³/mol. The van der Waals surface area contributed by atoms with Crippen molar-refractivity contribution in [2.24, 2.45) is 0 Å². The minimum Gasteiger partial charge on any atom is -0.380 e. The van der Waals surface area contributed by atoms with Crippen LogP contribution in [0, 0.1) is 11.6 Å². The van der Waals surface area contributed by atoms with Gasteiger partial charge in [-0.3, -0.25) is 4.79 Å². The lowest BCUT2D eigenvalue weighted by Crippen LogP contribution is -2.15. The van der Waals surface area contributed by atoms with E-state index in [0.717, 1.165) is 18.6 Å². The highest BCUT2D eigenvalue weighted by molar-refractivity contribution is 6.03. The van der Waals surface area contributed by atoms with E-state index < -0.39 is 17.5 Å². The monoisotopic (exact) mass is 292 g/mol. The van der Waals surface area contributed by atoms with Crippen molar-refractivity contribution in [3.63, 3.8) is 0 Å². The summed E-state index contributed by atoms with van der Waals surface area (Å²) in [5, 5.41) is 12.3. The number of carbonyl (C=O) groups is 1. The molecule has 0 aliphatic heterocycles. The normalized spacial score (nSPS) is 10.2. The topological polar surface area (TPSA) is 66.9 Å². The van der Waals surface area contributed by atoms with Gasteiger partial charge in [0.1, 0.15) is 17.3 Å². The Labute approximate surface area is 120 Å². The smallest absolute Gasteiger partial charge is 0.257 e. The number of hydrogen-bond donors (Lipinski definition) is 2. The van der Waals surface area contributed by atoms with E-state index in [0.29, 0.717) is 6.54 Å². The molecular weight excluding hydrogens is 278 g/mol. The molecule has 0 unspecified atom stereocenters. The molecule has 1 aromatic heterocycles. The van der Waals surface area contributed by atoms with E-state index in [4.69, 9.17) is 0 Å². The molecule has 1 heterocycles. The molecule has 0 atom stereocenters. The van der Waals surface area contributed by atoms with Gasteiger partial charge in [-0.05, 0) is 30.7 Å². The molecule has 7 heteroatoms. The highest BCUT2D eigenvalue weighted by Gasteiger charge is 2.15. The van der Waals surface area contributed by atoms with Crippen LogP contribution >= 0.6 is 0 Å². The Morgan fingerprint density at radius 3 is 2.57 bits per heavy atom. The first-order valence-electron chi connectivity index (χ1n) is 6.43. The number of benzene rings is 1. The number of rotatable bonds is 5. The lowest BCUT2D eigenvalue weighted by Gasteiger charge is -2.10. The van der Waals surface area contributed by atoms with Crippen LogP contribution in [0.15, 0.2) is 30.5 Å². The Morgan fingerprint density at radius 1 is 1.29 bits per heavy atom. The molecule has 0 bridgehead atoms. The van der Waals surface area contributed by atoms with Crippen LogP contribution in [0.25, 0.3) is 0 Å². The van der Waals surface area contributed by atoms with Crippen LogP contribution in [0.3, 0.4) is 0 Å². The van der Waals surface area contributed by atoms with E-state index in [-0.39, 0.29) is 17.1 Å². The molecule has 1 aromatic carbocycles. The van der Waals surface area contributed by atoms with Gasteiger partial charge < -0.3 is 10.6 Å². The van der Waals surface area contributed by atoms with Crippen LogP contribution in [0.5, 0.6) is 0 Å². The predicted octanol–water partition coefficient (Wildman–Crippen LogP) is 2.83. The molecule has 0 radical (unpaired) electrons. The second-order valence-corrected chi connectivity index (χ2v) is 4.30. The van der Waals surface area contributed by atoms with Crippen LogP contribution in [0.2, 0.25) is 0 Å². The highest BCUT2D eigenvalue weighted by Crippen LogP contribution is 2.21. The van der Waals surface area contributed by atoms with Crippen molar-refractivity contribution in [2.75, 3.05) is 17.2 Å². The first kappa shape index (κ1) is 14.8. The molecule has 0 spiro atoms. The van der Waals surface area contributed by atoms with Gasteiger partial charge in [0.15, 0.2) is 5.82 Å². The van der Waals surface area contributed by atoms with Crippen molar-refractivity contribution in [1.29, 1.82) is 0 Å². The number of nitrogens with zero attached hydrogens (tertiary/aromatic N) is 2. The number of nitrogens with one attached hydrogen (secondary N) is 2. The fourth-order valence-electron chi connectivity index (χ4n) is 1.68. The molecule has 2 aromatic rings. The summed E-state index contributed by atoms with van der Waals surface area (Å²) in [7, 11) is 0. The number of halogens is 2. The maximum atomic E-state index is 13.8. The number of amides is 1. The van der Waals surface area contributed by atoms with Gasteiger partial charge in [0.2, 0.25) is 0 Å². The van der Waals surface area contributed by atoms with Crippen molar-refractivity contribution >= 4 is 17.4 Å². The van der Waals surface area contributed by atoms with E-state index >= 15 is 0 Å². The third-order valence-corrected chi connectivity index (χ3v) is 2.67. The summed E-state index contributed by atoms with van der Waals surface area (Å²) in [4.78, 5) is 11.9. The summed E-state index contributed by atoms with van der Waals surface area (Å²) in [6.45, 7) is 2.32. The SMILES string of the molecule is CCCNc1c(F)cc(C(=O)Nc2cccnn2)cc1F. The summed E-state index contributed by atoms with van der Waals surface area (Å²) in [6.07, 6.45) is 2.18. The summed E-state index contributed by atoms with van der Waals surface area (Å²) >= 11 is 0. The third kappa shape index (κ3) is 3.71. The van der Waals surface area contributed by atoms with Gasteiger partial charge in [-0.25, -0.2) is 8.78 Å². The largest absolute Gasteiger partial charge is 0.380 e. The van der Waals surface area contributed by atoms with Gasteiger partial charge in [0.25, 0.3) is 5.91 Å². The number of carbonyl (C=O) groups excluding carboxylic acids is 1. The van der Waals surface area contributed by atoms with Gasteiger partial charge in [-0.1, -0.05) is 6.92 Å². The Kier molecular flexibility index (Phi) is 4.76. The summed E-state index contributed by atoms with van der Waals surface area (Å²) in [5.41, 5.74) is -0.356. The molecular formula is C14H14F2N4O. The van der Waals surface area contributed by atoms with Crippen LogP contribution in [0.1, 0.15) is 23.7 Å². The molecule has 21 heavy (non-hydrogen) atoms. The zero-order valence-corrected chi connectivity index (χ0v) is 11.4.